The van der Waals surface area contributed by atoms with E-state index in [4.69, 9.17) is 5.11 Å². The fraction of sp³-hybridized carbons (Fsp3) is 0.700. The van der Waals surface area contributed by atoms with Gasteiger partial charge >= 0.3 is 5.97 Å². The maximum atomic E-state index is 10.7. The van der Waals surface area contributed by atoms with Gasteiger partial charge in [0.15, 0.2) is 0 Å². The molecule has 1 rings (SSSR count). The first kappa shape index (κ1) is 9.30. The predicted molar refractivity (Wildman–Crippen MR) is 48.0 cm³/mol. The fourth-order valence-corrected chi connectivity index (χ4v) is 1.21. The molecular weight excluding hydrogens is 152 g/mol. The summed E-state index contributed by atoms with van der Waals surface area (Å²) < 4.78 is 0. The summed E-state index contributed by atoms with van der Waals surface area (Å²) in [7, 11) is 0. The SMILES string of the molecule is CCC/C=C(\CC1CC1)C(=O)O. The van der Waals surface area contributed by atoms with E-state index in [-0.39, 0.29) is 0 Å². The summed E-state index contributed by atoms with van der Waals surface area (Å²) in [5.74, 6) is -0.0560. The molecule has 2 heteroatoms. The summed E-state index contributed by atoms with van der Waals surface area (Å²) in [6.07, 6.45) is 7.03. The second kappa shape index (κ2) is 4.29. The maximum Gasteiger partial charge on any atom is 0.331 e. The number of aliphatic carboxylic acids is 1. The molecule has 2 nitrogen and oxygen atoms in total. The Morgan fingerprint density at radius 2 is 2.25 bits per heavy atom. The van der Waals surface area contributed by atoms with E-state index in [1.165, 1.54) is 12.8 Å². The molecule has 0 bridgehead atoms. The quantitative estimate of drug-likeness (QED) is 0.641. The molecule has 0 atom stereocenters. The molecule has 0 saturated heterocycles. The Hall–Kier alpha value is -0.790. The van der Waals surface area contributed by atoms with Crippen molar-refractivity contribution in [3.05, 3.63) is 11.6 Å². The molecule has 0 spiro atoms. The summed E-state index contributed by atoms with van der Waals surface area (Å²) in [4.78, 5) is 10.7. The monoisotopic (exact) mass is 168 g/mol. The molecule has 0 unspecified atom stereocenters. The summed E-state index contributed by atoms with van der Waals surface area (Å²) in [5, 5.41) is 8.81. The molecule has 1 aliphatic rings. The Morgan fingerprint density at radius 3 is 2.67 bits per heavy atom. The lowest BCUT2D eigenvalue weighted by Crippen LogP contribution is -2.01. The van der Waals surface area contributed by atoms with Crippen LogP contribution in [0.5, 0.6) is 0 Å². The molecule has 0 radical (unpaired) electrons. The van der Waals surface area contributed by atoms with Gasteiger partial charge in [-0.25, -0.2) is 4.79 Å². The predicted octanol–water partition coefficient (Wildman–Crippen LogP) is 2.60. The van der Waals surface area contributed by atoms with E-state index in [1.54, 1.807) is 0 Å². The van der Waals surface area contributed by atoms with E-state index in [0.717, 1.165) is 19.3 Å². The van der Waals surface area contributed by atoms with Crippen LogP contribution < -0.4 is 0 Å². The van der Waals surface area contributed by atoms with Crippen molar-refractivity contribution in [1.29, 1.82) is 0 Å². The summed E-state index contributed by atoms with van der Waals surface area (Å²) in [6.45, 7) is 2.06. The number of unbranched alkanes of at least 4 members (excludes halogenated alkanes) is 1. The van der Waals surface area contributed by atoms with Gasteiger partial charge in [0.2, 0.25) is 0 Å². The van der Waals surface area contributed by atoms with Gasteiger partial charge in [-0.15, -0.1) is 0 Å². The van der Waals surface area contributed by atoms with Crippen LogP contribution in [0, 0.1) is 5.92 Å². The smallest absolute Gasteiger partial charge is 0.331 e. The van der Waals surface area contributed by atoms with Crippen molar-refractivity contribution in [3.63, 3.8) is 0 Å². The van der Waals surface area contributed by atoms with E-state index < -0.39 is 5.97 Å². The van der Waals surface area contributed by atoms with Gasteiger partial charge in [0.1, 0.15) is 0 Å². The van der Waals surface area contributed by atoms with E-state index in [2.05, 4.69) is 6.92 Å². The van der Waals surface area contributed by atoms with Crippen LogP contribution >= 0.6 is 0 Å². The zero-order valence-electron chi connectivity index (χ0n) is 7.55. The zero-order chi connectivity index (χ0) is 8.97. The minimum Gasteiger partial charge on any atom is -0.478 e. The molecule has 1 N–H and O–H groups in total. The van der Waals surface area contributed by atoms with E-state index in [0.29, 0.717) is 11.5 Å². The van der Waals surface area contributed by atoms with Crippen molar-refractivity contribution < 1.29 is 9.90 Å². The first-order valence-electron chi connectivity index (χ1n) is 4.66. The van der Waals surface area contributed by atoms with Gasteiger partial charge in [-0.2, -0.15) is 0 Å². The van der Waals surface area contributed by atoms with Crippen LogP contribution in [0.3, 0.4) is 0 Å². The van der Waals surface area contributed by atoms with Crippen molar-refractivity contribution in [2.45, 2.75) is 39.0 Å². The first-order chi connectivity index (χ1) is 5.74. The van der Waals surface area contributed by atoms with Crippen molar-refractivity contribution >= 4 is 5.97 Å². The zero-order valence-corrected chi connectivity index (χ0v) is 7.55. The van der Waals surface area contributed by atoms with Crippen LogP contribution in [0.15, 0.2) is 11.6 Å². The largest absolute Gasteiger partial charge is 0.478 e. The molecule has 0 aromatic carbocycles. The van der Waals surface area contributed by atoms with Crippen molar-refractivity contribution in [2.75, 3.05) is 0 Å². The van der Waals surface area contributed by atoms with Crippen LogP contribution in [-0.2, 0) is 4.79 Å². The Balaban J connectivity index is 2.40. The van der Waals surface area contributed by atoms with Crippen molar-refractivity contribution in [2.24, 2.45) is 5.92 Å². The normalized spacial score (nSPS) is 17.9. The summed E-state index contributed by atoms with van der Waals surface area (Å²) >= 11 is 0. The summed E-state index contributed by atoms with van der Waals surface area (Å²) in [6, 6.07) is 0. The van der Waals surface area contributed by atoms with Crippen molar-refractivity contribution in [1.82, 2.24) is 0 Å². The van der Waals surface area contributed by atoms with Crippen LogP contribution in [0.2, 0.25) is 0 Å². The van der Waals surface area contributed by atoms with E-state index in [9.17, 15) is 4.79 Å². The molecule has 0 aliphatic heterocycles. The Labute approximate surface area is 73.3 Å². The van der Waals surface area contributed by atoms with Gasteiger partial charge in [0.25, 0.3) is 0 Å². The van der Waals surface area contributed by atoms with Crippen molar-refractivity contribution in [3.8, 4) is 0 Å². The van der Waals surface area contributed by atoms with E-state index >= 15 is 0 Å². The molecule has 1 fully saturated rings. The van der Waals surface area contributed by atoms with Gasteiger partial charge in [-0.3, -0.25) is 0 Å². The third-order valence-corrected chi connectivity index (χ3v) is 2.16. The minimum atomic E-state index is -0.727. The molecule has 0 amide bonds. The molecular formula is C10H16O2. The third-order valence-electron chi connectivity index (χ3n) is 2.16. The lowest BCUT2D eigenvalue weighted by Gasteiger charge is -1.99. The second-order valence-electron chi connectivity index (χ2n) is 3.47. The number of hydrogen-bond donors (Lipinski definition) is 1. The standard InChI is InChI=1S/C10H16O2/c1-2-3-4-9(10(11)12)7-8-5-6-8/h4,8H,2-3,5-7H2,1H3,(H,11,12)/b9-4+. The number of carboxylic acids is 1. The topological polar surface area (TPSA) is 37.3 Å². The highest BCUT2D eigenvalue weighted by Gasteiger charge is 2.24. The van der Waals surface area contributed by atoms with Crippen LogP contribution in [0.4, 0.5) is 0 Å². The molecule has 0 aromatic heterocycles. The molecule has 1 aliphatic carbocycles. The molecule has 68 valence electrons. The second-order valence-corrected chi connectivity index (χ2v) is 3.47. The van der Waals surface area contributed by atoms with E-state index in [1.807, 2.05) is 6.08 Å². The number of carbonyl (C=O) groups is 1. The lowest BCUT2D eigenvalue weighted by molar-refractivity contribution is -0.132. The number of carboxylic acid groups (broad SMARTS) is 1. The van der Waals surface area contributed by atoms with Gasteiger partial charge < -0.3 is 5.11 Å². The Kier molecular flexibility index (Phi) is 3.32. The van der Waals surface area contributed by atoms with Crippen LogP contribution in [-0.4, -0.2) is 11.1 Å². The number of allylic oxidation sites excluding steroid dienone is 1. The van der Waals surface area contributed by atoms with Crippen LogP contribution in [0.1, 0.15) is 39.0 Å². The summed E-state index contributed by atoms with van der Waals surface area (Å²) in [5.41, 5.74) is 0.624. The maximum absolute atomic E-state index is 10.7. The lowest BCUT2D eigenvalue weighted by atomic mass is 10.1. The van der Waals surface area contributed by atoms with Gasteiger partial charge in [-0.1, -0.05) is 19.4 Å². The molecule has 0 aromatic rings. The average Bonchev–Trinajstić information content (AvgIpc) is 2.80. The molecule has 1 saturated carbocycles. The number of rotatable bonds is 5. The molecule has 0 heterocycles. The molecule has 12 heavy (non-hydrogen) atoms. The Morgan fingerprint density at radius 1 is 1.58 bits per heavy atom. The minimum absolute atomic E-state index is 0.624. The van der Waals surface area contributed by atoms with Crippen LogP contribution in [0.25, 0.3) is 0 Å². The average molecular weight is 168 g/mol. The highest BCUT2D eigenvalue weighted by Crippen LogP contribution is 2.35. The first-order valence-corrected chi connectivity index (χ1v) is 4.66. The fourth-order valence-electron chi connectivity index (χ4n) is 1.21. The van der Waals surface area contributed by atoms with Gasteiger partial charge in [0, 0.05) is 5.57 Å². The highest BCUT2D eigenvalue weighted by atomic mass is 16.4. The number of hydrogen-bond acceptors (Lipinski definition) is 1. The highest BCUT2D eigenvalue weighted by molar-refractivity contribution is 5.86. The van der Waals surface area contributed by atoms with Gasteiger partial charge in [0.05, 0.1) is 0 Å². The Bertz CT molecular complexity index is 190. The third kappa shape index (κ3) is 3.07. The van der Waals surface area contributed by atoms with Gasteiger partial charge in [-0.05, 0) is 31.6 Å².